The Hall–Kier alpha value is -2.84. The third-order valence-corrected chi connectivity index (χ3v) is 4.80. The minimum absolute atomic E-state index is 0.426. The second kappa shape index (κ2) is 6.58. The molecule has 2 N–H and O–H groups in total. The molecule has 0 aliphatic rings. The molecule has 0 saturated carbocycles. The summed E-state index contributed by atoms with van der Waals surface area (Å²) in [6.45, 7) is 2.06. The number of aromatic nitrogens is 5. The maximum atomic E-state index is 5.29. The summed E-state index contributed by atoms with van der Waals surface area (Å²) in [7, 11) is 0. The summed E-state index contributed by atoms with van der Waals surface area (Å²) in [4.78, 5) is 2.29. The zero-order valence-electron chi connectivity index (χ0n) is 13.3. The van der Waals surface area contributed by atoms with Gasteiger partial charge < -0.3 is 0 Å². The van der Waals surface area contributed by atoms with Crippen molar-refractivity contribution in [3.05, 3.63) is 63.1 Å². The molecule has 3 aromatic heterocycles. The van der Waals surface area contributed by atoms with Crippen LogP contribution < -0.4 is 0 Å². The maximum absolute atomic E-state index is 5.29. The molecule has 0 fully saturated rings. The number of aromatic amines is 2. The smallest absolute Gasteiger partial charge is 0.216 e. The Morgan fingerprint density at radius 2 is 1.96 bits per heavy atom. The van der Waals surface area contributed by atoms with Crippen LogP contribution >= 0.6 is 23.6 Å². The van der Waals surface area contributed by atoms with Crippen molar-refractivity contribution in [2.45, 2.75) is 6.92 Å². The van der Waals surface area contributed by atoms with Gasteiger partial charge in [-0.25, -0.2) is 5.10 Å². The predicted octanol–water partition coefficient (Wildman–Crippen LogP) is 4.25. The fourth-order valence-corrected chi connectivity index (χ4v) is 3.33. The first-order valence-electron chi connectivity index (χ1n) is 7.60. The molecule has 1 aromatic carbocycles. The van der Waals surface area contributed by atoms with Crippen LogP contribution in [-0.2, 0) is 0 Å². The molecule has 0 aliphatic carbocycles. The van der Waals surface area contributed by atoms with Gasteiger partial charge in [0.2, 0.25) is 10.6 Å². The number of thiophene rings is 1. The monoisotopic (exact) mass is 366 g/mol. The summed E-state index contributed by atoms with van der Waals surface area (Å²) in [5, 5.41) is 18.9. The van der Waals surface area contributed by atoms with Crippen molar-refractivity contribution >= 4 is 29.8 Å². The lowest BCUT2D eigenvalue weighted by Crippen LogP contribution is -1.94. The molecule has 0 saturated heterocycles. The average molecular weight is 366 g/mol. The largest absolute Gasteiger partial charge is 0.274 e. The van der Waals surface area contributed by atoms with Crippen LogP contribution in [0.5, 0.6) is 0 Å². The number of rotatable bonds is 4. The van der Waals surface area contributed by atoms with Crippen molar-refractivity contribution < 1.29 is 0 Å². The molecule has 0 radical (unpaired) electrons. The van der Waals surface area contributed by atoms with E-state index in [1.807, 2.05) is 42.5 Å². The highest BCUT2D eigenvalue weighted by Crippen LogP contribution is 2.22. The highest BCUT2D eigenvalue weighted by Gasteiger charge is 2.12. The van der Waals surface area contributed by atoms with E-state index in [1.54, 1.807) is 22.2 Å². The molecule has 124 valence electrons. The Balaban J connectivity index is 1.69. The number of H-pyrrole nitrogens is 2. The zero-order valence-corrected chi connectivity index (χ0v) is 14.9. The second-order valence-electron chi connectivity index (χ2n) is 5.39. The molecule has 0 amide bonds. The van der Waals surface area contributed by atoms with E-state index < -0.39 is 0 Å². The highest BCUT2D eigenvalue weighted by molar-refractivity contribution is 7.71. The number of nitrogens with one attached hydrogen (secondary N) is 2. The van der Waals surface area contributed by atoms with Crippen molar-refractivity contribution in [3.8, 4) is 22.8 Å². The Kier molecular flexibility index (Phi) is 4.12. The summed E-state index contributed by atoms with van der Waals surface area (Å²) in [6, 6.07) is 16.0. The maximum Gasteiger partial charge on any atom is 0.216 e. The topological polar surface area (TPSA) is 74.7 Å². The molecular weight excluding hydrogens is 352 g/mol. The van der Waals surface area contributed by atoms with E-state index in [0.717, 1.165) is 21.8 Å². The van der Waals surface area contributed by atoms with Crippen LogP contribution in [0.1, 0.15) is 9.75 Å². The lowest BCUT2D eigenvalue weighted by atomic mass is 10.1. The minimum Gasteiger partial charge on any atom is -0.274 e. The molecule has 0 spiro atoms. The summed E-state index contributed by atoms with van der Waals surface area (Å²) in [5.41, 5.74) is 2.61. The molecule has 6 nitrogen and oxygen atoms in total. The van der Waals surface area contributed by atoms with Crippen molar-refractivity contribution in [1.29, 1.82) is 0 Å². The van der Waals surface area contributed by atoms with E-state index >= 15 is 0 Å². The van der Waals surface area contributed by atoms with Gasteiger partial charge in [0, 0.05) is 15.3 Å². The highest BCUT2D eigenvalue weighted by atomic mass is 32.1. The molecule has 0 aliphatic heterocycles. The minimum atomic E-state index is 0.426. The summed E-state index contributed by atoms with van der Waals surface area (Å²) >= 11 is 6.97. The molecule has 3 heterocycles. The Bertz CT molecular complexity index is 1080. The number of nitrogens with zero attached hydrogens (tertiary/aromatic N) is 4. The first kappa shape index (κ1) is 15.7. The fourth-order valence-electron chi connectivity index (χ4n) is 2.40. The van der Waals surface area contributed by atoms with Gasteiger partial charge in [0.1, 0.15) is 5.69 Å². The Morgan fingerprint density at radius 1 is 1.12 bits per heavy atom. The van der Waals surface area contributed by atoms with Gasteiger partial charge in [-0.05, 0) is 37.3 Å². The first-order valence-corrected chi connectivity index (χ1v) is 8.82. The van der Waals surface area contributed by atoms with Gasteiger partial charge in [-0.3, -0.25) is 5.10 Å². The van der Waals surface area contributed by atoms with Crippen LogP contribution in [0.25, 0.3) is 22.8 Å². The van der Waals surface area contributed by atoms with E-state index in [4.69, 9.17) is 12.2 Å². The molecule has 0 bridgehead atoms. The predicted molar refractivity (Wildman–Crippen MR) is 102 cm³/mol. The third kappa shape index (κ3) is 3.21. The second-order valence-corrected chi connectivity index (χ2v) is 7.10. The number of aryl methyl sites for hydroxylation is 1. The molecule has 4 rings (SSSR count). The molecule has 8 heteroatoms. The first-order chi connectivity index (χ1) is 12.2. The van der Waals surface area contributed by atoms with Gasteiger partial charge >= 0.3 is 0 Å². The fraction of sp³-hybridized carbons (Fsp3) is 0.0588. The van der Waals surface area contributed by atoms with Crippen LogP contribution in [0.4, 0.5) is 0 Å². The molecule has 4 aromatic rings. The summed E-state index contributed by atoms with van der Waals surface area (Å²) in [5.74, 6) is 0.587. The standard InChI is InChI=1S/C17H14N6S2/c1-11-7-8-13(25-11)10-18-23-16(21-22-17(23)24)15-9-14(19-20-15)12-5-3-2-4-6-12/h2-10H,1H3,(H,19,20)(H,22,24)/b18-10+. The van der Waals surface area contributed by atoms with Crippen molar-refractivity contribution in [1.82, 2.24) is 25.1 Å². The SMILES string of the molecule is Cc1ccc(/C=N/n2c(-c3cc(-c4ccccc4)n[nH]3)n[nH]c2=S)s1. The van der Waals surface area contributed by atoms with Gasteiger partial charge in [-0.15, -0.1) is 11.3 Å². The quantitative estimate of drug-likeness (QED) is 0.419. The molecule has 0 atom stereocenters. The van der Waals surface area contributed by atoms with Crippen LogP contribution in [0.3, 0.4) is 0 Å². The van der Waals surface area contributed by atoms with E-state index in [2.05, 4.69) is 38.5 Å². The van der Waals surface area contributed by atoms with Crippen LogP contribution in [0.15, 0.2) is 53.6 Å². The van der Waals surface area contributed by atoms with Gasteiger partial charge in [0.15, 0.2) is 0 Å². The lowest BCUT2D eigenvalue weighted by molar-refractivity contribution is 0.866. The average Bonchev–Trinajstić information content (AvgIpc) is 3.34. The van der Waals surface area contributed by atoms with Gasteiger partial charge in [-0.1, -0.05) is 30.3 Å². The van der Waals surface area contributed by atoms with Crippen LogP contribution in [0.2, 0.25) is 0 Å². The summed E-state index contributed by atoms with van der Waals surface area (Å²) < 4.78 is 2.02. The van der Waals surface area contributed by atoms with Gasteiger partial charge in [0.05, 0.1) is 11.9 Å². The third-order valence-electron chi connectivity index (χ3n) is 3.60. The van der Waals surface area contributed by atoms with E-state index in [1.165, 1.54) is 4.88 Å². The summed E-state index contributed by atoms with van der Waals surface area (Å²) in [6.07, 6.45) is 1.78. The van der Waals surface area contributed by atoms with Crippen molar-refractivity contribution in [2.24, 2.45) is 5.10 Å². The zero-order chi connectivity index (χ0) is 17.2. The number of benzene rings is 1. The van der Waals surface area contributed by atoms with Crippen molar-refractivity contribution in [2.75, 3.05) is 0 Å². The number of hydrogen-bond donors (Lipinski definition) is 2. The van der Waals surface area contributed by atoms with Crippen LogP contribution in [-0.4, -0.2) is 31.3 Å². The van der Waals surface area contributed by atoms with E-state index in [0.29, 0.717) is 10.6 Å². The van der Waals surface area contributed by atoms with Crippen LogP contribution in [0, 0.1) is 11.7 Å². The normalized spacial score (nSPS) is 11.4. The Morgan fingerprint density at radius 3 is 2.72 bits per heavy atom. The molecular formula is C17H14N6S2. The van der Waals surface area contributed by atoms with E-state index in [-0.39, 0.29) is 0 Å². The molecule has 0 unspecified atom stereocenters. The van der Waals surface area contributed by atoms with Gasteiger partial charge in [0.25, 0.3) is 0 Å². The Labute approximate surface area is 152 Å². The lowest BCUT2D eigenvalue weighted by Gasteiger charge is -1.96. The van der Waals surface area contributed by atoms with Gasteiger partial charge in [-0.2, -0.15) is 20.0 Å². The van der Waals surface area contributed by atoms with E-state index in [9.17, 15) is 0 Å². The van der Waals surface area contributed by atoms with Crippen molar-refractivity contribution in [3.63, 3.8) is 0 Å². The molecule has 25 heavy (non-hydrogen) atoms. The number of hydrogen-bond acceptors (Lipinski definition) is 5.